The number of hydrogen-bond acceptors (Lipinski definition) is 5. The molecule has 0 bridgehead atoms. The van der Waals surface area contributed by atoms with Crippen LogP contribution in [0.1, 0.15) is 36.7 Å². The van der Waals surface area contributed by atoms with Crippen molar-refractivity contribution in [3.8, 4) is 5.75 Å². The molecule has 0 aliphatic carbocycles. The average molecular weight is 377 g/mol. The molecule has 0 unspecified atom stereocenters. The molecule has 0 radical (unpaired) electrons. The average Bonchev–Trinajstić information content (AvgIpc) is 2.60. The van der Waals surface area contributed by atoms with Gasteiger partial charge in [-0.15, -0.1) is 0 Å². The fourth-order valence-corrected chi connectivity index (χ4v) is 3.61. The van der Waals surface area contributed by atoms with Crippen LogP contribution in [0.25, 0.3) is 0 Å². The van der Waals surface area contributed by atoms with Crippen molar-refractivity contribution < 1.29 is 22.7 Å². The summed E-state index contributed by atoms with van der Waals surface area (Å²) >= 11 is 0. The molecule has 0 aliphatic rings. The van der Waals surface area contributed by atoms with Crippen molar-refractivity contribution in [1.29, 1.82) is 0 Å². The van der Waals surface area contributed by atoms with Crippen LogP contribution in [0.3, 0.4) is 0 Å². The van der Waals surface area contributed by atoms with Gasteiger partial charge in [0.15, 0.2) is 0 Å². The van der Waals surface area contributed by atoms with E-state index in [1.807, 2.05) is 25.1 Å². The van der Waals surface area contributed by atoms with E-state index < -0.39 is 16.0 Å². The lowest BCUT2D eigenvalue weighted by Crippen LogP contribution is -2.30. The first-order valence-corrected chi connectivity index (χ1v) is 9.82. The molecule has 2 aromatic carbocycles. The summed E-state index contributed by atoms with van der Waals surface area (Å²) in [6.07, 6.45) is 0. The van der Waals surface area contributed by atoms with Crippen molar-refractivity contribution in [3.63, 3.8) is 0 Å². The van der Waals surface area contributed by atoms with E-state index in [2.05, 4.69) is 4.72 Å². The van der Waals surface area contributed by atoms with Gasteiger partial charge in [-0.1, -0.05) is 24.3 Å². The highest BCUT2D eigenvalue weighted by atomic mass is 32.2. The Balaban J connectivity index is 2.13. The van der Waals surface area contributed by atoms with Crippen LogP contribution in [0.4, 0.5) is 0 Å². The fourth-order valence-electron chi connectivity index (χ4n) is 2.31. The normalized spacial score (nSPS) is 11.4. The van der Waals surface area contributed by atoms with E-state index in [-0.39, 0.29) is 23.1 Å². The Morgan fingerprint density at radius 3 is 2.54 bits per heavy atom. The molecule has 140 valence electrons. The summed E-state index contributed by atoms with van der Waals surface area (Å²) < 4.78 is 37.8. The van der Waals surface area contributed by atoms with Gasteiger partial charge >= 0.3 is 5.97 Å². The molecule has 0 heterocycles. The number of sulfonamides is 1. The topological polar surface area (TPSA) is 81.7 Å². The summed E-state index contributed by atoms with van der Waals surface area (Å²) in [5.74, 6) is 0.0539. The first-order valence-electron chi connectivity index (χ1n) is 8.33. The first kappa shape index (κ1) is 19.9. The fraction of sp³-hybridized carbons (Fsp3) is 0.316. The molecule has 0 fully saturated rings. The lowest BCUT2D eigenvalue weighted by Gasteiger charge is -2.12. The smallest absolute Gasteiger partial charge is 0.338 e. The van der Waals surface area contributed by atoms with Gasteiger partial charge in [0.1, 0.15) is 12.4 Å². The molecule has 0 amide bonds. The number of esters is 1. The van der Waals surface area contributed by atoms with Crippen LogP contribution >= 0.6 is 0 Å². The molecule has 0 saturated heterocycles. The van der Waals surface area contributed by atoms with E-state index in [0.29, 0.717) is 12.4 Å². The van der Waals surface area contributed by atoms with E-state index in [4.69, 9.17) is 9.47 Å². The number of benzene rings is 2. The Morgan fingerprint density at radius 1 is 1.12 bits per heavy atom. The molecule has 26 heavy (non-hydrogen) atoms. The van der Waals surface area contributed by atoms with E-state index in [1.165, 1.54) is 24.3 Å². The zero-order valence-corrected chi connectivity index (χ0v) is 15.9. The quantitative estimate of drug-likeness (QED) is 0.715. The van der Waals surface area contributed by atoms with Crippen molar-refractivity contribution >= 4 is 16.0 Å². The molecule has 0 aromatic heterocycles. The van der Waals surface area contributed by atoms with Crippen molar-refractivity contribution in [2.24, 2.45) is 0 Å². The molecule has 2 rings (SSSR count). The maximum absolute atomic E-state index is 12.3. The van der Waals surface area contributed by atoms with Crippen LogP contribution in [-0.4, -0.2) is 27.0 Å². The molecule has 0 aliphatic heterocycles. The summed E-state index contributed by atoms with van der Waals surface area (Å²) in [7, 11) is -3.67. The highest BCUT2D eigenvalue weighted by Gasteiger charge is 2.18. The summed E-state index contributed by atoms with van der Waals surface area (Å²) in [6, 6.07) is 12.8. The molecule has 0 atom stereocenters. The molecular weight excluding hydrogens is 354 g/mol. The van der Waals surface area contributed by atoms with Gasteiger partial charge in [-0.2, -0.15) is 0 Å². The summed E-state index contributed by atoms with van der Waals surface area (Å²) in [5, 5.41) is 0. The maximum atomic E-state index is 12.3. The zero-order valence-electron chi connectivity index (χ0n) is 15.1. The van der Waals surface area contributed by atoms with Gasteiger partial charge in [0, 0.05) is 11.6 Å². The Bertz CT molecular complexity index is 862. The van der Waals surface area contributed by atoms with Gasteiger partial charge in [-0.25, -0.2) is 17.9 Å². The Labute approximate surface area is 154 Å². The minimum atomic E-state index is -3.67. The van der Waals surface area contributed by atoms with E-state index in [0.717, 1.165) is 5.56 Å². The standard InChI is InChI=1S/C19H23NO5S/c1-4-24-18-11-6-5-8-16(18)13-25-19(21)15-9-7-10-17(12-15)26(22,23)20-14(2)3/h5-12,14,20H,4,13H2,1-3H3. The van der Waals surface area contributed by atoms with Gasteiger partial charge in [0.2, 0.25) is 10.0 Å². The molecule has 6 nitrogen and oxygen atoms in total. The zero-order chi connectivity index (χ0) is 19.2. The van der Waals surface area contributed by atoms with E-state index in [1.54, 1.807) is 19.9 Å². The Morgan fingerprint density at radius 2 is 1.85 bits per heavy atom. The first-order chi connectivity index (χ1) is 12.3. The predicted molar refractivity (Wildman–Crippen MR) is 98.6 cm³/mol. The number of para-hydroxylation sites is 1. The third-order valence-electron chi connectivity index (χ3n) is 3.40. The molecular formula is C19H23NO5S. The van der Waals surface area contributed by atoms with Crippen LogP contribution in [0.2, 0.25) is 0 Å². The maximum Gasteiger partial charge on any atom is 0.338 e. The van der Waals surface area contributed by atoms with Gasteiger partial charge in [-0.05, 0) is 45.0 Å². The highest BCUT2D eigenvalue weighted by molar-refractivity contribution is 7.89. The monoisotopic (exact) mass is 377 g/mol. The highest BCUT2D eigenvalue weighted by Crippen LogP contribution is 2.20. The van der Waals surface area contributed by atoms with Gasteiger partial charge in [0.25, 0.3) is 0 Å². The second-order valence-electron chi connectivity index (χ2n) is 5.92. The van der Waals surface area contributed by atoms with Crippen LogP contribution in [0.5, 0.6) is 5.75 Å². The van der Waals surface area contributed by atoms with Gasteiger partial charge in [-0.3, -0.25) is 0 Å². The lowest BCUT2D eigenvalue weighted by atomic mass is 10.2. The van der Waals surface area contributed by atoms with Crippen molar-refractivity contribution in [2.75, 3.05) is 6.61 Å². The Kier molecular flexibility index (Phi) is 6.76. The number of rotatable bonds is 8. The molecule has 0 saturated carbocycles. The molecule has 0 spiro atoms. The second kappa shape index (κ2) is 8.82. The minimum absolute atomic E-state index is 0.0235. The minimum Gasteiger partial charge on any atom is -0.493 e. The van der Waals surface area contributed by atoms with Crippen molar-refractivity contribution in [3.05, 3.63) is 59.7 Å². The van der Waals surface area contributed by atoms with Crippen LogP contribution in [-0.2, 0) is 21.4 Å². The number of hydrogen-bond donors (Lipinski definition) is 1. The molecule has 2 aromatic rings. The molecule has 7 heteroatoms. The number of carbonyl (C=O) groups excluding carboxylic acids is 1. The number of ether oxygens (including phenoxy) is 2. The second-order valence-corrected chi connectivity index (χ2v) is 7.63. The third-order valence-corrected chi connectivity index (χ3v) is 5.06. The summed E-state index contributed by atoms with van der Waals surface area (Å²) in [4.78, 5) is 12.3. The van der Waals surface area contributed by atoms with Gasteiger partial charge in [0.05, 0.1) is 17.1 Å². The number of nitrogens with one attached hydrogen (secondary N) is 1. The van der Waals surface area contributed by atoms with E-state index >= 15 is 0 Å². The lowest BCUT2D eigenvalue weighted by molar-refractivity contribution is 0.0469. The summed E-state index contributed by atoms with van der Waals surface area (Å²) in [5.41, 5.74) is 0.915. The summed E-state index contributed by atoms with van der Waals surface area (Å²) in [6.45, 7) is 5.88. The molecule has 1 N–H and O–H groups in total. The SMILES string of the molecule is CCOc1ccccc1COC(=O)c1cccc(S(=O)(=O)NC(C)C)c1. The number of carbonyl (C=O) groups is 1. The predicted octanol–water partition coefficient (Wildman–Crippen LogP) is 3.13. The third kappa shape index (κ3) is 5.31. The van der Waals surface area contributed by atoms with Crippen molar-refractivity contribution in [1.82, 2.24) is 4.72 Å². The van der Waals surface area contributed by atoms with Crippen LogP contribution < -0.4 is 9.46 Å². The van der Waals surface area contributed by atoms with Crippen molar-refractivity contribution in [2.45, 2.75) is 38.3 Å². The van der Waals surface area contributed by atoms with E-state index in [9.17, 15) is 13.2 Å². The van der Waals surface area contributed by atoms with Crippen LogP contribution in [0.15, 0.2) is 53.4 Å². The van der Waals surface area contributed by atoms with Gasteiger partial charge < -0.3 is 9.47 Å². The largest absolute Gasteiger partial charge is 0.493 e. The van der Waals surface area contributed by atoms with Crippen LogP contribution in [0, 0.1) is 0 Å². The Hall–Kier alpha value is -2.38.